The fourth-order valence-corrected chi connectivity index (χ4v) is 7.00. The molecule has 6 atom stereocenters. The van der Waals surface area contributed by atoms with E-state index in [1.54, 1.807) is 0 Å². The molecule has 3 nitrogen and oxygen atoms in total. The third-order valence-corrected chi connectivity index (χ3v) is 8.17. The van der Waals surface area contributed by atoms with Crippen molar-refractivity contribution < 1.29 is 14.6 Å². The largest absolute Gasteiger partial charge is 0.395 e. The molecule has 0 spiro atoms. The Kier molecular flexibility index (Phi) is 3.73. The van der Waals surface area contributed by atoms with Crippen molar-refractivity contribution in [1.29, 1.82) is 0 Å². The van der Waals surface area contributed by atoms with Crippen LogP contribution in [0.2, 0.25) is 0 Å². The van der Waals surface area contributed by atoms with Gasteiger partial charge in [0.15, 0.2) is 5.78 Å². The average molecular weight is 318 g/mol. The van der Waals surface area contributed by atoms with E-state index in [4.69, 9.17) is 4.74 Å². The summed E-state index contributed by atoms with van der Waals surface area (Å²) in [4.78, 5) is 11.9. The molecule has 1 N–H and O–H groups in total. The first kappa shape index (κ1) is 15.8. The van der Waals surface area contributed by atoms with Gasteiger partial charge in [-0.25, -0.2) is 0 Å². The van der Waals surface area contributed by atoms with Crippen LogP contribution in [0.4, 0.5) is 0 Å². The molecule has 3 unspecified atom stereocenters. The highest BCUT2D eigenvalue weighted by Gasteiger charge is 2.60. The van der Waals surface area contributed by atoms with E-state index in [0.717, 1.165) is 18.8 Å². The van der Waals surface area contributed by atoms with Crippen LogP contribution >= 0.6 is 0 Å². The number of ether oxygens (including phenoxy) is 1. The van der Waals surface area contributed by atoms with Crippen molar-refractivity contribution in [1.82, 2.24) is 0 Å². The Labute approximate surface area is 139 Å². The molecule has 0 saturated heterocycles. The molecule has 23 heavy (non-hydrogen) atoms. The number of ketones is 1. The molecule has 3 saturated carbocycles. The van der Waals surface area contributed by atoms with E-state index in [9.17, 15) is 9.90 Å². The monoisotopic (exact) mass is 318 g/mol. The Morgan fingerprint density at radius 1 is 1.17 bits per heavy atom. The molecule has 4 aliphatic carbocycles. The first-order valence-electron chi connectivity index (χ1n) is 9.43. The normalized spacial score (nSPS) is 49.2. The maximum atomic E-state index is 11.9. The van der Waals surface area contributed by atoms with Crippen LogP contribution in [0.1, 0.15) is 58.3 Å². The predicted octanol–water partition coefficient (Wildman–Crippen LogP) is 3.51. The van der Waals surface area contributed by atoms with Crippen LogP contribution in [-0.4, -0.2) is 30.7 Å². The topological polar surface area (TPSA) is 46.5 Å². The Morgan fingerprint density at radius 2 is 2.00 bits per heavy atom. The highest BCUT2D eigenvalue weighted by molar-refractivity contribution is 5.91. The molecule has 4 aliphatic rings. The minimum Gasteiger partial charge on any atom is -0.395 e. The van der Waals surface area contributed by atoms with E-state index >= 15 is 0 Å². The summed E-state index contributed by atoms with van der Waals surface area (Å²) in [5.74, 6) is 2.26. The van der Waals surface area contributed by atoms with Crippen LogP contribution < -0.4 is 0 Å². The van der Waals surface area contributed by atoms with Gasteiger partial charge in [-0.1, -0.05) is 12.5 Å². The van der Waals surface area contributed by atoms with Crippen LogP contribution in [0.3, 0.4) is 0 Å². The maximum Gasteiger partial charge on any atom is 0.155 e. The lowest BCUT2D eigenvalue weighted by molar-refractivity contribution is -0.121. The van der Waals surface area contributed by atoms with Crippen molar-refractivity contribution in [2.75, 3.05) is 13.7 Å². The summed E-state index contributed by atoms with van der Waals surface area (Å²) in [6.45, 7) is 2.67. The predicted molar refractivity (Wildman–Crippen MR) is 88.9 cm³/mol. The fraction of sp³-hybridized carbons (Fsp3) is 0.850. The second kappa shape index (κ2) is 5.42. The second-order valence-corrected chi connectivity index (χ2v) is 8.71. The van der Waals surface area contributed by atoms with Crippen molar-refractivity contribution in [3.8, 4) is 0 Å². The van der Waals surface area contributed by atoms with Gasteiger partial charge in [0, 0.05) is 18.9 Å². The molecule has 0 aromatic heterocycles. The number of aliphatic hydroxyl groups is 1. The molecule has 4 rings (SSSR count). The summed E-state index contributed by atoms with van der Waals surface area (Å²) in [5.41, 5.74) is 1.49. The first-order valence-corrected chi connectivity index (χ1v) is 9.43. The maximum absolute atomic E-state index is 11.9. The van der Waals surface area contributed by atoms with Crippen LogP contribution in [0.15, 0.2) is 11.6 Å². The van der Waals surface area contributed by atoms with Gasteiger partial charge in [0.05, 0.1) is 12.7 Å². The van der Waals surface area contributed by atoms with Gasteiger partial charge in [-0.15, -0.1) is 0 Å². The number of carbonyl (C=O) groups excluding carboxylic acids is 1. The summed E-state index contributed by atoms with van der Waals surface area (Å²) in [6.07, 6.45) is 10.8. The van der Waals surface area contributed by atoms with Crippen molar-refractivity contribution in [3.63, 3.8) is 0 Å². The molecule has 0 radical (unpaired) electrons. The van der Waals surface area contributed by atoms with Crippen molar-refractivity contribution in [3.05, 3.63) is 11.6 Å². The smallest absolute Gasteiger partial charge is 0.155 e. The summed E-state index contributed by atoms with van der Waals surface area (Å²) >= 11 is 0. The van der Waals surface area contributed by atoms with E-state index in [-0.39, 0.29) is 17.8 Å². The van der Waals surface area contributed by atoms with E-state index in [2.05, 4.69) is 6.92 Å². The number of hydrogen-bond donors (Lipinski definition) is 1. The number of carbonyl (C=O) groups is 1. The summed E-state index contributed by atoms with van der Waals surface area (Å²) in [7, 11) is 1.87. The number of aliphatic hydroxyl groups excluding tert-OH is 1. The van der Waals surface area contributed by atoms with Gasteiger partial charge < -0.3 is 9.84 Å². The zero-order chi connectivity index (χ0) is 16.2. The quantitative estimate of drug-likeness (QED) is 0.847. The molecule has 0 aromatic rings. The van der Waals surface area contributed by atoms with E-state index in [1.165, 1.54) is 37.7 Å². The standard InChI is InChI=1S/C20H30O3/c1-19-9-8-17-15(16(19)5-6-18(19)23-2)4-3-13-11-14(22)7-10-20(13,17)12-21/h11,15-18,21H,3-10,12H2,1-2H3/t15-,16-,17-,18?,19?,20?/m0/s1. The lowest BCUT2D eigenvalue weighted by Gasteiger charge is -2.58. The number of rotatable bonds is 2. The van der Waals surface area contributed by atoms with E-state index < -0.39 is 0 Å². The van der Waals surface area contributed by atoms with Gasteiger partial charge in [0.1, 0.15) is 0 Å². The van der Waals surface area contributed by atoms with Crippen molar-refractivity contribution >= 4 is 5.78 Å². The number of fused-ring (bicyclic) bond motifs is 5. The SMILES string of the molecule is COC1CC[C@H]2[C@@H]3CCC4=CC(=O)CCC4(CO)[C@H]3CCC12C. The minimum absolute atomic E-state index is 0.0939. The first-order chi connectivity index (χ1) is 11.0. The Bertz CT molecular complexity index is 539. The third kappa shape index (κ3) is 2.05. The van der Waals surface area contributed by atoms with Crippen LogP contribution in [0, 0.1) is 28.6 Å². The molecule has 3 heteroatoms. The van der Waals surface area contributed by atoms with Gasteiger partial charge in [-0.3, -0.25) is 4.79 Å². The van der Waals surface area contributed by atoms with Gasteiger partial charge in [0.25, 0.3) is 0 Å². The molecular weight excluding hydrogens is 288 g/mol. The highest BCUT2D eigenvalue weighted by Crippen LogP contribution is 2.65. The van der Waals surface area contributed by atoms with Crippen molar-refractivity contribution in [2.45, 2.75) is 64.4 Å². The molecule has 0 aliphatic heterocycles. The van der Waals surface area contributed by atoms with Gasteiger partial charge in [-0.05, 0) is 74.2 Å². The molecule has 128 valence electrons. The molecule has 0 bridgehead atoms. The Balaban J connectivity index is 1.69. The van der Waals surface area contributed by atoms with E-state index in [0.29, 0.717) is 29.8 Å². The highest BCUT2D eigenvalue weighted by atomic mass is 16.5. The van der Waals surface area contributed by atoms with Gasteiger partial charge >= 0.3 is 0 Å². The Morgan fingerprint density at radius 3 is 2.74 bits per heavy atom. The van der Waals surface area contributed by atoms with E-state index in [1.807, 2.05) is 13.2 Å². The lowest BCUT2D eigenvalue weighted by atomic mass is 9.47. The van der Waals surface area contributed by atoms with Gasteiger partial charge in [-0.2, -0.15) is 0 Å². The molecule has 0 amide bonds. The van der Waals surface area contributed by atoms with Gasteiger partial charge in [0.2, 0.25) is 0 Å². The summed E-state index contributed by atoms with van der Waals surface area (Å²) in [5, 5.41) is 10.3. The molecule has 0 aromatic carbocycles. The number of methoxy groups -OCH3 is 1. The molecular formula is C20H30O3. The zero-order valence-corrected chi connectivity index (χ0v) is 14.5. The third-order valence-electron chi connectivity index (χ3n) is 8.17. The zero-order valence-electron chi connectivity index (χ0n) is 14.5. The summed E-state index contributed by atoms with van der Waals surface area (Å²) in [6, 6.07) is 0. The van der Waals surface area contributed by atoms with Crippen LogP contribution in [-0.2, 0) is 9.53 Å². The second-order valence-electron chi connectivity index (χ2n) is 8.71. The molecule has 3 fully saturated rings. The minimum atomic E-state index is -0.0939. The van der Waals surface area contributed by atoms with Crippen LogP contribution in [0.25, 0.3) is 0 Å². The summed E-state index contributed by atoms with van der Waals surface area (Å²) < 4.78 is 5.83. The lowest BCUT2D eigenvalue weighted by Crippen LogP contribution is -2.53. The van der Waals surface area contributed by atoms with Crippen LogP contribution in [0.5, 0.6) is 0 Å². The Hall–Kier alpha value is -0.670. The molecule has 0 heterocycles. The average Bonchev–Trinajstić information content (AvgIpc) is 2.90. The van der Waals surface area contributed by atoms with Crippen molar-refractivity contribution in [2.24, 2.45) is 28.6 Å². The fourth-order valence-electron chi connectivity index (χ4n) is 7.00. The number of hydrogen-bond acceptors (Lipinski definition) is 3.